The van der Waals surface area contributed by atoms with E-state index in [9.17, 15) is 16.8 Å². The minimum atomic E-state index is -4.13. The highest BCUT2D eigenvalue weighted by Crippen LogP contribution is 2.33. The first kappa shape index (κ1) is 27.6. The molecule has 3 aromatic rings. The molecule has 14 heteroatoms. The molecule has 0 spiro atoms. The third-order valence-electron chi connectivity index (χ3n) is 5.41. The van der Waals surface area contributed by atoms with E-state index in [1.54, 1.807) is 24.3 Å². The van der Waals surface area contributed by atoms with Gasteiger partial charge in [0, 0.05) is 15.6 Å². The van der Waals surface area contributed by atoms with Crippen molar-refractivity contribution >= 4 is 60.6 Å². The van der Waals surface area contributed by atoms with Gasteiger partial charge in [-0.25, -0.2) is 0 Å². The van der Waals surface area contributed by atoms with Gasteiger partial charge < -0.3 is 4.74 Å². The highest BCUT2D eigenvalue weighted by molar-refractivity contribution is 7.89. The Morgan fingerprint density at radius 2 is 1.29 bits per heavy atom. The molecule has 1 aliphatic rings. The largest absolute Gasteiger partial charge is 0.461 e. The lowest BCUT2D eigenvalue weighted by Crippen LogP contribution is -2.28. The fourth-order valence-electron chi connectivity index (χ4n) is 3.37. The van der Waals surface area contributed by atoms with Crippen LogP contribution < -0.4 is 9.66 Å². The van der Waals surface area contributed by atoms with Crippen molar-refractivity contribution in [1.82, 2.24) is 9.66 Å². The third kappa shape index (κ3) is 5.99. The Bertz CT molecular complexity index is 1670. The first-order valence-corrected chi connectivity index (χ1v) is 14.6. The molecule has 198 valence electrons. The van der Waals surface area contributed by atoms with Crippen LogP contribution in [-0.4, -0.2) is 34.2 Å². The maximum absolute atomic E-state index is 12.9. The first-order valence-electron chi connectivity index (χ1n) is 10.9. The molecule has 1 unspecified atom stereocenters. The molecule has 0 aromatic heterocycles. The van der Waals surface area contributed by atoms with Gasteiger partial charge in [-0.2, -0.15) is 36.7 Å². The van der Waals surface area contributed by atoms with Gasteiger partial charge in [0.2, 0.25) is 5.90 Å². The van der Waals surface area contributed by atoms with E-state index in [1.807, 2.05) is 13.8 Å². The van der Waals surface area contributed by atoms with Crippen molar-refractivity contribution in [2.24, 2.45) is 10.2 Å². The molecule has 3 N–H and O–H groups in total. The molecule has 1 aliphatic heterocycles. The summed E-state index contributed by atoms with van der Waals surface area (Å²) in [5, 5.41) is 16.6. The zero-order valence-corrected chi connectivity index (χ0v) is 23.1. The first-order chi connectivity index (χ1) is 17.9. The van der Waals surface area contributed by atoms with Gasteiger partial charge >= 0.3 is 0 Å². The van der Waals surface area contributed by atoms with Crippen molar-refractivity contribution in [2.45, 2.75) is 29.7 Å². The van der Waals surface area contributed by atoms with E-state index in [0.29, 0.717) is 10.6 Å². The van der Waals surface area contributed by atoms with Crippen LogP contribution in [0.4, 0.5) is 0 Å². The number of sulfonamides is 2. The third-order valence-corrected chi connectivity index (χ3v) is 8.42. The van der Waals surface area contributed by atoms with Crippen LogP contribution in [-0.2, 0) is 24.8 Å². The second-order valence-corrected chi connectivity index (χ2v) is 12.4. The van der Waals surface area contributed by atoms with Crippen molar-refractivity contribution in [3.05, 3.63) is 93.5 Å². The van der Waals surface area contributed by atoms with E-state index in [-0.39, 0.29) is 26.2 Å². The molecule has 1 atom stereocenters. The SMILES string of the molecule is Cc1ccc(S(=O)(=O)N/N=C2\C(=N)OC(c3ccc(Cl)cc3Cl)\C2=N\NS(=O)(=O)c2ccc(C)cc2)cc1. The molecule has 0 amide bonds. The molecule has 1 fully saturated rings. The number of hydrogen-bond donors (Lipinski definition) is 3. The monoisotopic (exact) mass is 593 g/mol. The molecular weight excluding hydrogens is 573 g/mol. The van der Waals surface area contributed by atoms with Crippen LogP contribution in [0, 0.1) is 19.3 Å². The second kappa shape index (κ2) is 10.7. The predicted molar refractivity (Wildman–Crippen MR) is 146 cm³/mol. The van der Waals surface area contributed by atoms with E-state index < -0.39 is 32.0 Å². The van der Waals surface area contributed by atoms with Gasteiger partial charge in [0.05, 0.1) is 9.79 Å². The normalized spacial score (nSPS) is 18.0. The fourth-order valence-corrected chi connectivity index (χ4v) is 5.51. The summed E-state index contributed by atoms with van der Waals surface area (Å²) in [7, 11) is -8.25. The van der Waals surface area contributed by atoms with Crippen molar-refractivity contribution in [1.29, 1.82) is 5.41 Å². The smallest absolute Gasteiger partial charge is 0.276 e. The molecule has 0 radical (unpaired) electrons. The predicted octanol–water partition coefficient (Wildman–Crippen LogP) is 4.33. The Morgan fingerprint density at radius 1 is 0.789 bits per heavy atom. The topological polar surface area (TPSA) is 150 Å². The van der Waals surface area contributed by atoms with Crippen LogP contribution in [0.5, 0.6) is 0 Å². The van der Waals surface area contributed by atoms with Gasteiger partial charge in [0.1, 0.15) is 5.71 Å². The van der Waals surface area contributed by atoms with Crippen LogP contribution in [0.3, 0.4) is 0 Å². The summed E-state index contributed by atoms with van der Waals surface area (Å²) in [6.07, 6.45) is -1.18. The van der Waals surface area contributed by atoms with Gasteiger partial charge in [-0.3, -0.25) is 5.41 Å². The summed E-state index contributed by atoms with van der Waals surface area (Å²) < 4.78 is 56.9. The van der Waals surface area contributed by atoms with Crippen molar-refractivity contribution in [3.8, 4) is 0 Å². The minimum absolute atomic E-state index is 0.0546. The summed E-state index contributed by atoms with van der Waals surface area (Å²) in [5.41, 5.74) is 1.49. The summed E-state index contributed by atoms with van der Waals surface area (Å²) in [6, 6.07) is 16.6. The molecule has 0 aliphatic carbocycles. The maximum Gasteiger partial charge on any atom is 0.276 e. The average Bonchev–Trinajstić information content (AvgIpc) is 3.17. The number of hydrazone groups is 2. The Morgan fingerprint density at radius 3 is 1.79 bits per heavy atom. The lowest BCUT2D eigenvalue weighted by Gasteiger charge is -2.13. The molecule has 1 heterocycles. The van der Waals surface area contributed by atoms with Gasteiger partial charge in [0.15, 0.2) is 11.8 Å². The minimum Gasteiger partial charge on any atom is -0.461 e. The lowest BCUT2D eigenvalue weighted by molar-refractivity contribution is 0.274. The van der Waals surface area contributed by atoms with Gasteiger partial charge in [-0.15, -0.1) is 0 Å². The Labute approximate surface area is 229 Å². The Balaban J connectivity index is 1.75. The van der Waals surface area contributed by atoms with E-state index >= 15 is 0 Å². The summed E-state index contributed by atoms with van der Waals surface area (Å²) in [4.78, 5) is 4.05. The number of ether oxygens (including phenoxy) is 1. The summed E-state index contributed by atoms with van der Waals surface area (Å²) >= 11 is 12.3. The number of hydrogen-bond acceptors (Lipinski definition) is 8. The number of nitrogens with zero attached hydrogens (tertiary/aromatic N) is 2. The van der Waals surface area contributed by atoms with Crippen LogP contribution >= 0.6 is 23.2 Å². The van der Waals surface area contributed by atoms with Crippen LogP contribution in [0.25, 0.3) is 0 Å². The summed E-state index contributed by atoms with van der Waals surface area (Å²) in [5.74, 6) is -0.555. The molecule has 38 heavy (non-hydrogen) atoms. The van der Waals surface area contributed by atoms with Crippen LogP contribution in [0.2, 0.25) is 10.0 Å². The van der Waals surface area contributed by atoms with E-state index in [2.05, 4.69) is 19.9 Å². The molecular formula is C24H21Cl2N5O5S2. The van der Waals surface area contributed by atoms with Gasteiger partial charge in [-0.05, 0) is 50.2 Å². The number of aryl methyl sites for hydroxylation is 2. The Kier molecular flexibility index (Phi) is 7.79. The molecule has 0 saturated carbocycles. The average molecular weight is 595 g/mol. The second-order valence-electron chi connectivity index (χ2n) is 8.27. The fraction of sp³-hybridized carbons (Fsp3) is 0.125. The number of nitrogens with one attached hydrogen (secondary N) is 3. The molecule has 4 rings (SSSR count). The van der Waals surface area contributed by atoms with Crippen LogP contribution in [0.1, 0.15) is 22.8 Å². The summed E-state index contributed by atoms with van der Waals surface area (Å²) in [6.45, 7) is 3.62. The molecule has 1 saturated heterocycles. The number of benzene rings is 3. The van der Waals surface area contributed by atoms with E-state index in [0.717, 1.165) is 11.1 Å². The Hall–Kier alpha value is -3.45. The van der Waals surface area contributed by atoms with Crippen molar-refractivity contribution in [2.75, 3.05) is 0 Å². The maximum atomic E-state index is 12.9. The quantitative estimate of drug-likeness (QED) is 0.348. The lowest BCUT2D eigenvalue weighted by atomic mass is 10.0. The van der Waals surface area contributed by atoms with Gasteiger partial charge in [0.25, 0.3) is 20.0 Å². The van der Waals surface area contributed by atoms with E-state index in [4.69, 9.17) is 33.3 Å². The standard InChI is InChI=1S/C24H21Cl2N5O5S2/c1-14-3-8-17(9-4-14)37(32,33)30-28-21-22(29-31-38(34,35)18-10-5-15(2)6-11-18)24(27)36-23(21)19-12-7-16(25)13-20(19)26/h3-13,23,27,30-31H,1-2H3/b27-24?,28-21+,29-22-. The van der Waals surface area contributed by atoms with Crippen molar-refractivity contribution < 1.29 is 21.6 Å². The van der Waals surface area contributed by atoms with Crippen LogP contribution in [0.15, 0.2) is 86.7 Å². The molecule has 10 nitrogen and oxygen atoms in total. The van der Waals surface area contributed by atoms with Crippen molar-refractivity contribution in [3.63, 3.8) is 0 Å². The highest BCUT2D eigenvalue weighted by Gasteiger charge is 2.39. The number of rotatable bonds is 7. The number of halogens is 2. The van der Waals surface area contributed by atoms with Gasteiger partial charge in [-0.1, -0.05) is 64.7 Å². The zero-order valence-electron chi connectivity index (χ0n) is 19.9. The molecule has 3 aromatic carbocycles. The van der Waals surface area contributed by atoms with E-state index in [1.165, 1.54) is 42.5 Å². The highest BCUT2D eigenvalue weighted by atomic mass is 35.5. The molecule has 0 bridgehead atoms. The zero-order chi connectivity index (χ0) is 27.7.